The number of rotatable bonds is 6. The highest BCUT2D eigenvalue weighted by molar-refractivity contribution is 4.76. The van der Waals surface area contributed by atoms with Gasteiger partial charge in [0.15, 0.2) is 0 Å². The molecule has 0 amide bonds. The van der Waals surface area contributed by atoms with Crippen molar-refractivity contribution >= 4 is 0 Å². The molecule has 15 heavy (non-hydrogen) atoms. The van der Waals surface area contributed by atoms with Gasteiger partial charge in [-0.05, 0) is 19.8 Å². The molecule has 2 saturated heterocycles. The maximum absolute atomic E-state index is 5.60. The molecule has 2 unspecified atom stereocenters. The van der Waals surface area contributed by atoms with E-state index in [1.807, 2.05) is 0 Å². The molecular weight excluding hydrogens is 194 g/mol. The SMILES string of the molecule is CC(NCCOC1COC1)C1CCCO1. The molecule has 2 rings (SSSR count). The Morgan fingerprint density at radius 3 is 2.93 bits per heavy atom. The smallest absolute Gasteiger partial charge is 0.104 e. The van der Waals surface area contributed by atoms with Crippen molar-refractivity contribution in [2.75, 3.05) is 33.0 Å². The predicted molar refractivity (Wildman–Crippen MR) is 57.0 cm³/mol. The Morgan fingerprint density at radius 2 is 2.33 bits per heavy atom. The first-order chi connectivity index (χ1) is 7.36. The van der Waals surface area contributed by atoms with Gasteiger partial charge in [-0.25, -0.2) is 0 Å². The molecule has 0 radical (unpaired) electrons. The molecule has 4 nitrogen and oxygen atoms in total. The van der Waals surface area contributed by atoms with Crippen molar-refractivity contribution in [3.05, 3.63) is 0 Å². The Kier molecular flexibility index (Phi) is 4.38. The Balaban J connectivity index is 1.48. The van der Waals surface area contributed by atoms with Gasteiger partial charge < -0.3 is 19.5 Å². The summed E-state index contributed by atoms with van der Waals surface area (Å²) in [5.41, 5.74) is 0. The fourth-order valence-electron chi connectivity index (χ4n) is 1.95. The molecule has 0 aromatic heterocycles. The molecule has 0 spiro atoms. The van der Waals surface area contributed by atoms with E-state index in [0.29, 0.717) is 18.2 Å². The van der Waals surface area contributed by atoms with Gasteiger partial charge in [0.25, 0.3) is 0 Å². The summed E-state index contributed by atoms with van der Waals surface area (Å²) >= 11 is 0. The van der Waals surface area contributed by atoms with Crippen LogP contribution < -0.4 is 5.32 Å². The summed E-state index contributed by atoms with van der Waals surface area (Å²) in [6, 6.07) is 0.439. The minimum Gasteiger partial charge on any atom is -0.377 e. The van der Waals surface area contributed by atoms with E-state index in [0.717, 1.165) is 33.0 Å². The molecule has 0 saturated carbocycles. The van der Waals surface area contributed by atoms with E-state index in [1.54, 1.807) is 0 Å². The summed E-state index contributed by atoms with van der Waals surface area (Å²) in [7, 11) is 0. The molecule has 1 N–H and O–H groups in total. The third-order valence-corrected chi connectivity index (χ3v) is 3.05. The van der Waals surface area contributed by atoms with Crippen LogP contribution in [0.4, 0.5) is 0 Å². The van der Waals surface area contributed by atoms with E-state index < -0.39 is 0 Å². The van der Waals surface area contributed by atoms with Crippen molar-refractivity contribution < 1.29 is 14.2 Å². The lowest BCUT2D eigenvalue weighted by Gasteiger charge is -2.26. The Morgan fingerprint density at radius 1 is 1.47 bits per heavy atom. The molecular formula is C11H21NO3. The molecule has 0 bridgehead atoms. The molecule has 0 aromatic rings. The standard InChI is InChI=1S/C11H21NO3/c1-9(11-3-2-5-15-11)12-4-6-14-10-7-13-8-10/h9-12H,2-8H2,1H3. The minimum absolute atomic E-state index is 0.338. The first-order valence-electron chi connectivity index (χ1n) is 5.90. The zero-order chi connectivity index (χ0) is 10.5. The second-order valence-electron chi connectivity index (χ2n) is 4.32. The maximum Gasteiger partial charge on any atom is 0.104 e. The molecule has 88 valence electrons. The fourth-order valence-corrected chi connectivity index (χ4v) is 1.95. The summed E-state index contributed by atoms with van der Waals surface area (Å²) in [5, 5.41) is 3.44. The number of ether oxygens (including phenoxy) is 3. The summed E-state index contributed by atoms with van der Waals surface area (Å²) in [4.78, 5) is 0. The van der Waals surface area contributed by atoms with Gasteiger partial charge in [-0.3, -0.25) is 0 Å². The van der Waals surface area contributed by atoms with Crippen LogP contribution in [0.15, 0.2) is 0 Å². The zero-order valence-corrected chi connectivity index (χ0v) is 9.41. The topological polar surface area (TPSA) is 39.7 Å². The van der Waals surface area contributed by atoms with Crippen LogP contribution in [-0.4, -0.2) is 51.2 Å². The van der Waals surface area contributed by atoms with Crippen molar-refractivity contribution in [1.82, 2.24) is 5.32 Å². The van der Waals surface area contributed by atoms with Gasteiger partial charge in [0.05, 0.1) is 25.9 Å². The summed E-state index contributed by atoms with van der Waals surface area (Å²) in [6.45, 7) is 6.31. The van der Waals surface area contributed by atoms with Gasteiger partial charge in [0, 0.05) is 19.2 Å². The average molecular weight is 215 g/mol. The highest BCUT2D eigenvalue weighted by Gasteiger charge is 2.22. The van der Waals surface area contributed by atoms with E-state index in [4.69, 9.17) is 14.2 Å². The van der Waals surface area contributed by atoms with E-state index in [2.05, 4.69) is 12.2 Å². The normalized spacial score (nSPS) is 29.0. The lowest BCUT2D eigenvalue weighted by molar-refractivity contribution is -0.128. The molecule has 0 aliphatic carbocycles. The molecule has 2 aliphatic heterocycles. The molecule has 2 fully saturated rings. The lowest BCUT2D eigenvalue weighted by Crippen LogP contribution is -2.41. The second kappa shape index (κ2) is 5.80. The lowest BCUT2D eigenvalue weighted by atomic mass is 10.1. The van der Waals surface area contributed by atoms with E-state index in [-0.39, 0.29) is 0 Å². The zero-order valence-electron chi connectivity index (χ0n) is 9.41. The van der Waals surface area contributed by atoms with Crippen LogP contribution in [0, 0.1) is 0 Å². The maximum atomic E-state index is 5.60. The predicted octanol–water partition coefficient (Wildman–Crippen LogP) is 0.559. The monoisotopic (exact) mass is 215 g/mol. The molecule has 0 aromatic carbocycles. The van der Waals surface area contributed by atoms with E-state index in [9.17, 15) is 0 Å². The Hall–Kier alpha value is -0.160. The highest BCUT2D eigenvalue weighted by atomic mass is 16.6. The van der Waals surface area contributed by atoms with Crippen LogP contribution in [0.3, 0.4) is 0 Å². The first-order valence-corrected chi connectivity index (χ1v) is 5.90. The van der Waals surface area contributed by atoms with Gasteiger partial charge in [0.1, 0.15) is 6.10 Å². The van der Waals surface area contributed by atoms with Crippen molar-refractivity contribution in [2.45, 2.75) is 38.0 Å². The van der Waals surface area contributed by atoms with Crippen molar-refractivity contribution in [3.8, 4) is 0 Å². The molecule has 4 heteroatoms. The third-order valence-electron chi connectivity index (χ3n) is 3.05. The Labute approximate surface area is 91.3 Å². The molecule has 2 atom stereocenters. The first kappa shape index (κ1) is 11.3. The van der Waals surface area contributed by atoms with E-state index in [1.165, 1.54) is 12.8 Å². The number of nitrogens with one attached hydrogen (secondary N) is 1. The van der Waals surface area contributed by atoms with Gasteiger partial charge in [0.2, 0.25) is 0 Å². The van der Waals surface area contributed by atoms with Crippen LogP contribution in [0.5, 0.6) is 0 Å². The average Bonchev–Trinajstić information content (AvgIpc) is 2.67. The molecule has 2 heterocycles. The largest absolute Gasteiger partial charge is 0.377 e. The second-order valence-corrected chi connectivity index (χ2v) is 4.32. The van der Waals surface area contributed by atoms with Crippen LogP contribution >= 0.6 is 0 Å². The fraction of sp³-hybridized carbons (Fsp3) is 1.00. The van der Waals surface area contributed by atoms with Crippen LogP contribution in [0.2, 0.25) is 0 Å². The number of hydrogen-bond acceptors (Lipinski definition) is 4. The summed E-state index contributed by atoms with van der Waals surface area (Å²) < 4.78 is 16.2. The highest BCUT2D eigenvalue weighted by Crippen LogP contribution is 2.15. The third kappa shape index (κ3) is 3.41. The van der Waals surface area contributed by atoms with Crippen LogP contribution in [0.25, 0.3) is 0 Å². The summed E-state index contributed by atoms with van der Waals surface area (Å²) in [6.07, 6.45) is 3.12. The van der Waals surface area contributed by atoms with Crippen molar-refractivity contribution in [1.29, 1.82) is 0 Å². The van der Waals surface area contributed by atoms with Gasteiger partial charge in [-0.1, -0.05) is 0 Å². The summed E-state index contributed by atoms with van der Waals surface area (Å²) in [5.74, 6) is 0. The van der Waals surface area contributed by atoms with Gasteiger partial charge in [-0.2, -0.15) is 0 Å². The van der Waals surface area contributed by atoms with Crippen LogP contribution in [0.1, 0.15) is 19.8 Å². The van der Waals surface area contributed by atoms with Crippen LogP contribution in [-0.2, 0) is 14.2 Å². The number of hydrogen-bond donors (Lipinski definition) is 1. The minimum atomic E-state index is 0.338. The quantitative estimate of drug-likeness (QED) is 0.657. The Bertz CT molecular complexity index is 179. The molecule has 2 aliphatic rings. The van der Waals surface area contributed by atoms with Gasteiger partial charge >= 0.3 is 0 Å². The van der Waals surface area contributed by atoms with Crippen molar-refractivity contribution in [2.24, 2.45) is 0 Å². The van der Waals surface area contributed by atoms with Gasteiger partial charge in [-0.15, -0.1) is 0 Å². The van der Waals surface area contributed by atoms with Crippen molar-refractivity contribution in [3.63, 3.8) is 0 Å². The van der Waals surface area contributed by atoms with E-state index >= 15 is 0 Å².